The summed E-state index contributed by atoms with van der Waals surface area (Å²) >= 11 is 0. The lowest BCUT2D eigenvalue weighted by Gasteiger charge is -2.19. The first-order valence-corrected chi connectivity index (χ1v) is 8.23. The highest BCUT2D eigenvalue weighted by Crippen LogP contribution is 2.17. The predicted octanol–water partition coefficient (Wildman–Crippen LogP) is 3.21. The lowest BCUT2D eigenvalue weighted by Crippen LogP contribution is -2.29. The van der Waals surface area contributed by atoms with Crippen LogP contribution in [0.2, 0.25) is 0 Å². The number of ether oxygens (including phenoxy) is 1. The summed E-state index contributed by atoms with van der Waals surface area (Å²) in [4.78, 5) is 25.4. The number of nitrogens with one attached hydrogen (secondary N) is 1. The normalized spacial score (nSPS) is 11.6. The summed E-state index contributed by atoms with van der Waals surface area (Å²) in [6, 6.07) is 17.2. The number of nitrogens with zero attached hydrogens (tertiary/aromatic N) is 1. The van der Waals surface area contributed by atoms with Crippen LogP contribution in [0, 0.1) is 0 Å². The van der Waals surface area contributed by atoms with Crippen LogP contribution >= 0.6 is 0 Å². The maximum Gasteiger partial charge on any atom is 0.253 e. The molecule has 0 radical (unpaired) electrons. The molecule has 0 aromatic heterocycles. The topological polar surface area (TPSA) is 58.6 Å². The standard InChI is InChI=1S/C20H24N2O3/c1-15(25-14-17-9-5-4-6-10-17)20(24)21-19-12-8-7-11-18(19)13-22(3)16(2)23/h4-12,15H,13-14H2,1-3H3,(H,21,24)/t15-/m1/s1. The van der Waals surface area contributed by atoms with Gasteiger partial charge in [0.2, 0.25) is 5.91 Å². The molecule has 0 aliphatic rings. The molecule has 0 bridgehead atoms. The Balaban J connectivity index is 1.96. The maximum atomic E-state index is 12.4. The van der Waals surface area contributed by atoms with E-state index < -0.39 is 6.10 Å². The van der Waals surface area contributed by atoms with Gasteiger partial charge in [0.15, 0.2) is 0 Å². The van der Waals surface area contributed by atoms with Crippen LogP contribution in [0.1, 0.15) is 25.0 Å². The molecule has 2 rings (SSSR count). The van der Waals surface area contributed by atoms with Crippen molar-refractivity contribution in [2.45, 2.75) is 33.1 Å². The molecule has 0 aliphatic carbocycles. The Labute approximate surface area is 148 Å². The Morgan fingerprint density at radius 1 is 1.08 bits per heavy atom. The highest BCUT2D eigenvalue weighted by Gasteiger charge is 2.16. The molecule has 1 atom stereocenters. The summed E-state index contributed by atoms with van der Waals surface area (Å²) in [5.74, 6) is -0.241. The SMILES string of the molecule is CC(=O)N(C)Cc1ccccc1NC(=O)[C@@H](C)OCc1ccccc1. The summed E-state index contributed by atoms with van der Waals surface area (Å²) in [6.45, 7) is 4.05. The van der Waals surface area contributed by atoms with Gasteiger partial charge in [-0.25, -0.2) is 0 Å². The Morgan fingerprint density at radius 3 is 2.40 bits per heavy atom. The monoisotopic (exact) mass is 340 g/mol. The number of carbonyl (C=O) groups excluding carboxylic acids is 2. The summed E-state index contributed by atoms with van der Waals surface area (Å²) in [7, 11) is 1.73. The zero-order valence-electron chi connectivity index (χ0n) is 14.9. The van der Waals surface area contributed by atoms with Gasteiger partial charge in [0.05, 0.1) is 6.61 Å². The van der Waals surface area contributed by atoms with Gasteiger partial charge in [0.1, 0.15) is 6.10 Å². The third-order valence-electron chi connectivity index (χ3n) is 3.93. The van der Waals surface area contributed by atoms with E-state index in [1.54, 1.807) is 18.9 Å². The largest absolute Gasteiger partial charge is 0.364 e. The van der Waals surface area contributed by atoms with E-state index in [9.17, 15) is 9.59 Å². The van der Waals surface area contributed by atoms with Crippen molar-refractivity contribution in [2.24, 2.45) is 0 Å². The van der Waals surface area contributed by atoms with Crippen LogP contribution in [-0.4, -0.2) is 29.9 Å². The number of rotatable bonds is 7. The van der Waals surface area contributed by atoms with Gasteiger partial charge in [-0.05, 0) is 24.1 Å². The highest BCUT2D eigenvalue weighted by atomic mass is 16.5. The third-order valence-corrected chi connectivity index (χ3v) is 3.93. The van der Waals surface area contributed by atoms with Crippen molar-refractivity contribution >= 4 is 17.5 Å². The number of carbonyl (C=O) groups is 2. The Bertz CT molecular complexity index is 716. The van der Waals surface area contributed by atoms with Crippen molar-refractivity contribution < 1.29 is 14.3 Å². The fourth-order valence-electron chi connectivity index (χ4n) is 2.25. The molecule has 0 spiro atoms. The van der Waals surface area contributed by atoms with Gasteiger partial charge >= 0.3 is 0 Å². The number of benzene rings is 2. The lowest BCUT2D eigenvalue weighted by molar-refractivity contribution is -0.128. The minimum absolute atomic E-state index is 0.0271. The zero-order chi connectivity index (χ0) is 18.2. The minimum Gasteiger partial charge on any atom is -0.364 e. The zero-order valence-corrected chi connectivity index (χ0v) is 14.9. The van der Waals surface area contributed by atoms with Crippen LogP contribution in [0.25, 0.3) is 0 Å². The first kappa shape index (κ1) is 18.7. The fourth-order valence-corrected chi connectivity index (χ4v) is 2.25. The van der Waals surface area contributed by atoms with Crippen molar-refractivity contribution in [2.75, 3.05) is 12.4 Å². The molecule has 0 fully saturated rings. The molecular weight excluding hydrogens is 316 g/mol. The van der Waals surface area contributed by atoms with Crippen molar-refractivity contribution in [1.29, 1.82) is 0 Å². The van der Waals surface area contributed by atoms with E-state index in [2.05, 4.69) is 5.32 Å². The van der Waals surface area contributed by atoms with Gasteiger partial charge in [-0.15, -0.1) is 0 Å². The smallest absolute Gasteiger partial charge is 0.253 e. The average molecular weight is 340 g/mol. The number of hydrogen-bond acceptors (Lipinski definition) is 3. The molecule has 5 heteroatoms. The molecule has 25 heavy (non-hydrogen) atoms. The molecule has 5 nitrogen and oxygen atoms in total. The van der Waals surface area contributed by atoms with Crippen molar-refractivity contribution in [3.63, 3.8) is 0 Å². The van der Waals surface area contributed by atoms with Crippen LogP contribution < -0.4 is 5.32 Å². The van der Waals surface area contributed by atoms with Gasteiger partial charge in [-0.2, -0.15) is 0 Å². The predicted molar refractivity (Wildman–Crippen MR) is 97.9 cm³/mol. The van der Waals surface area contributed by atoms with Crippen LogP contribution in [0.3, 0.4) is 0 Å². The van der Waals surface area contributed by atoms with E-state index in [4.69, 9.17) is 4.74 Å². The summed E-state index contributed by atoms with van der Waals surface area (Å²) in [5, 5.41) is 2.89. The molecule has 0 aliphatic heterocycles. The van der Waals surface area contributed by atoms with Crippen LogP contribution in [-0.2, 0) is 27.5 Å². The Kier molecular flexibility index (Phi) is 6.71. The first-order chi connectivity index (χ1) is 12.0. The minimum atomic E-state index is -0.584. The number of amides is 2. The van der Waals surface area contributed by atoms with Crippen LogP contribution in [0.5, 0.6) is 0 Å². The number of anilines is 1. The molecule has 132 valence electrons. The maximum absolute atomic E-state index is 12.4. The Morgan fingerprint density at radius 2 is 1.72 bits per heavy atom. The van der Waals surface area contributed by atoms with E-state index in [-0.39, 0.29) is 11.8 Å². The molecule has 0 heterocycles. The fraction of sp³-hybridized carbons (Fsp3) is 0.300. The van der Waals surface area contributed by atoms with Gasteiger partial charge in [-0.1, -0.05) is 48.5 Å². The van der Waals surface area contributed by atoms with Crippen LogP contribution in [0.4, 0.5) is 5.69 Å². The molecule has 0 saturated heterocycles. The number of para-hydroxylation sites is 1. The first-order valence-electron chi connectivity index (χ1n) is 8.23. The third kappa shape index (κ3) is 5.72. The molecule has 1 N–H and O–H groups in total. The quantitative estimate of drug-likeness (QED) is 0.842. The van der Waals surface area contributed by atoms with Gasteiger partial charge < -0.3 is 15.0 Å². The summed E-state index contributed by atoms with van der Waals surface area (Å²) < 4.78 is 5.64. The van der Waals surface area contributed by atoms with Crippen molar-refractivity contribution in [3.8, 4) is 0 Å². The van der Waals surface area contributed by atoms with E-state index in [0.29, 0.717) is 18.8 Å². The van der Waals surface area contributed by atoms with E-state index in [1.807, 2.05) is 54.6 Å². The summed E-state index contributed by atoms with van der Waals surface area (Å²) in [5.41, 5.74) is 2.59. The van der Waals surface area contributed by atoms with Gasteiger partial charge in [-0.3, -0.25) is 9.59 Å². The van der Waals surface area contributed by atoms with Crippen LogP contribution in [0.15, 0.2) is 54.6 Å². The average Bonchev–Trinajstić information content (AvgIpc) is 2.62. The second-order valence-electron chi connectivity index (χ2n) is 5.96. The second kappa shape index (κ2) is 8.99. The molecule has 2 aromatic rings. The molecule has 2 aromatic carbocycles. The van der Waals surface area contributed by atoms with E-state index >= 15 is 0 Å². The van der Waals surface area contributed by atoms with Crippen molar-refractivity contribution in [1.82, 2.24) is 4.90 Å². The Hall–Kier alpha value is -2.66. The molecule has 0 saturated carbocycles. The van der Waals surface area contributed by atoms with E-state index in [1.165, 1.54) is 6.92 Å². The second-order valence-corrected chi connectivity index (χ2v) is 5.96. The molecule has 2 amide bonds. The summed E-state index contributed by atoms with van der Waals surface area (Å²) in [6.07, 6.45) is -0.584. The molecule has 0 unspecified atom stereocenters. The van der Waals surface area contributed by atoms with E-state index in [0.717, 1.165) is 11.1 Å². The van der Waals surface area contributed by atoms with Gasteiger partial charge in [0, 0.05) is 26.2 Å². The highest BCUT2D eigenvalue weighted by molar-refractivity contribution is 5.94. The van der Waals surface area contributed by atoms with Gasteiger partial charge in [0.25, 0.3) is 5.91 Å². The molecular formula is C20H24N2O3. The lowest BCUT2D eigenvalue weighted by atomic mass is 10.1. The number of hydrogen-bond donors (Lipinski definition) is 1. The van der Waals surface area contributed by atoms with Crippen molar-refractivity contribution in [3.05, 3.63) is 65.7 Å².